The van der Waals surface area contributed by atoms with Crippen LogP contribution < -0.4 is 11.1 Å². The molecular weight excluding hydrogens is 248 g/mol. The number of hydrogen-bond donors (Lipinski definition) is 2. The Kier molecular flexibility index (Phi) is 4.01. The predicted octanol–water partition coefficient (Wildman–Crippen LogP) is 1.81. The molecule has 6 heteroatoms. The zero-order valence-electron chi connectivity index (χ0n) is 10.0. The van der Waals surface area contributed by atoms with E-state index in [4.69, 9.17) is 5.73 Å². The average Bonchev–Trinajstić information content (AvgIpc) is 2.86. The van der Waals surface area contributed by atoms with E-state index in [1.807, 2.05) is 19.1 Å². The summed E-state index contributed by atoms with van der Waals surface area (Å²) in [6.07, 6.45) is 0.816. The highest BCUT2D eigenvalue weighted by molar-refractivity contribution is 7.15. The van der Waals surface area contributed by atoms with E-state index in [1.165, 1.54) is 11.3 Å². The van der Waals surface area contributed by atoms with Gasteiger partial charge in [-0.1, -0.05) is 30.4 Å². The molecule has 5 nitrogen and oxygen atoms in total. The van der Waals surface area contributed by atoms with Crippen LogP contribution in [0.2, 0.25) is 0 Å². The highest BCUT2D eigenvalue weighted by Gasteiger charge is 2.09. The maximum Gasteiger partial charge on any atom is 0.257 e. The molecule has 0 saturated heterocycles. The largest absolute Gasteiger partial charge is 0.326 e. The molecule has 0 unspecified atom stereocenters. The zero-order valence-corrected chi connectivity index (χ0v) is 10.8. The topological polar surface area (TPSA) is 80.9 Å². The van der Waals surface area contributed by atoms with Gasteiger partial charge in [0.25, 0.3) is 5.91 Å². The number of rotatable bonds is 4. The smallest absolute Gasteiger partial charge is 0.257 e. The molecule has 0 spiro atoms. The van der Waals surface area contributed by atoms with Crippen LogP contribution in [0, 0.1) is 0 Å². The molecule has 0 aliphatic carbocycles. The third-order valence-corrected chi connectivity index (χ3v) is 3.40. The van der Waals surface area contributed by atoms with Gasteiger partial charge in [-0.15, -0.1) is 10.2 Å². The van der Waals surface area contributed by atoms with Gasteiger partial charge in [0.1, 0.15) is 5.01 Å². The van der Waals surface area contributed by atoms with Crippen LogP contribution in [-0.2, 0) is 13.0 Å². The second-order valence-electron chi connectivity index (χ2n) is 3.71. The lowest BCUT2D eigenvalue weighted by Gasteiger charge is -2.03. The maximum absolute atomic E-state index is 12.0. The van der Waals surface area contributed by atoms with E-state index in [9.17, 15) is 4.79 Å². The van der Waals surface area contributed by atoms with Crippen LogP contribution in [0.1, 0.15) is 27.9 Å². The standard InChI is InChI=1S/C12H14N4OS/c1-2-10-15-16-12(18-10)14-11(17)9-5-3-4-8(6-9)7-13/h3-6H,2,7,13H2,1H3,(H,14,16,17). The number of nitrogens with zero attached hydrogens (tertiary/aromatic N) is 2. The predicted molar refractivity (Wildman–Crippen MR) is 71.6 cm³/mol. The molecule has 0 radical (unpaired) electrons. The Labute approximate surface area is 109 Å². The van der Waals surface area contributed by atoms with Crippen LogP contribution in [0.15, 0.2) is 24.3 Å². The number of carbonyl (C=O) groups excluding carboxylic acids is 1. The van der Waals surface area contributed by atoms with Crippen molar-refractivity contribution in [2.75, 3.05) is 5.32 Å². The number of anilines is 1. The molecule has 0 bridgehead atoms. The van der Waals surface area contributed by atoms with Gasteiger partial charge in [-0.2, -0.15) is 0 Å². The van der Waals surface area contributed by atoms with Crippen molar-refractivity contribution < 1.29 is 4.79 Å². The molecule has 1 aromatic carbocycles. The summed E-state index contributed by atoms with van der Waals surface area (Å²) in [6, 6.07) is 7.22. The zero-order chi connectivity index (χ0) is 13.0. The molecule has 0 aliphatic rings. The van der Waals surface area contributed by atoms with Crippen LogP contribution in [-0.4, -0.2) is 16.1 Å². The van der Waals surface area contributed by atoms with E-state index in [0.717, 1.165) is 17.0 Å². The lowest BCUT2D eigenvalue weighted by molar-refractivity contribution is 0.102. The lowest BCUT2D eigenvalue weighted by atomic mass is 10.1. The number of hydrogen-bond acceptors (Lipinski definition) is 5. The number of nitrogens with one attached hydrogen (secondary N) is 1. The average molecular weight is 262 g/mol. The van der Waals surface area contributed by atoms with E-state index < -0.39 is 0 Å². The fourth-order valence-electron chi connectivity index (χ4n) is 1.46. The van der Waals surface area contributed by atoms with Crippen molar-refractivity contribution in [3.8, 4) is 0 Å². The first kappa shape index (κ1) is 12.7. The molecule has 0 aliphatic heterocycles. The highest BCUT2D eigenvalue weighted by atomic mass is 32.1. The van der Waals surface area contributed by atoms with Gasteiger partial charge in [0.2, 0.25) is 5.13 Å². The van der Waals surface area contributed by atoms with E-state index in [2.05, 4.69) is 15.5 Å². The summed E-state index contributed by atoms with van der Waals surface area (Å²) < 4.78 is 0. The van der Waals surface area contributed by atoms with Gasteiger partial charge in [-0.3, -0.25) is 10.1 Å². The SMILES string of the molecule is CCc1nnc(NC(=O)c2cccc(CN)c2)s1. The summed E-state index contributed by atoms with van der Waals surface area (Å²) in [4.78, 5) is 12.0. The minimum atomic E-state index is -0.191. The second-order valence-corrected chi connectivity index (χ2v) is 4.78. The van der Waals surface area contributed by atoms with Crippen LogP contribution in [0.3, 0.4) is 0 Å². The molecule has 2 rings (SSSR count). The molecule has 0 saturated carbocycles. The molecule has 1 amide bonds. The molecule has 2 aromatic rings. The van der Waals surface area contributed by atoms with Crippen molar-refractivity contribution in [3.63, 3.8) is 0 Å². The van der Waals surface area contributed by atoms with Crippen molar-refractivity contribution >= 4 is 22.4 Å². The van der Waals surface area contributed by atoms with Gasteiger partial charge in [-0.05, 0) is 24.1 Å². The third-order valence-electron chi connectivity index (χ3n) is 2.41. The molecular formula is C12H14N4OS. The molecule has 0 atom stereocenters. The number of nitrogens with two attached hydrogens (primary N) is 1. The van der Waals surface area contributed by atoms with Crippen molar-refractivity contribution in [2.24, 2.45) is 5.73 Å². The van der Waals surface area contributed by atoms with Crippen LogP contribution in [0.25, 0.3) is 0 Å². The van der Waals surface area contributed by atoms with Crippen molar-refractivity contribution in [3.05, 3.63) is 40.4 Å². The van der Waals surface area contributed by atoms with E-state index in [-0.39, 0.29) is 5.91 Å². The quantitative estimate of drug-likeness (QED) is 0.880. The Balaban J connectivity index is 2.11. The number of aromatic nitrogens is 2. The number of carbonyl (C=O) groups is 1. The monoisotopic (exact) mass is 262 g/mol. The Hall–Kier alpha value is -1.79. The number of benzene rings is 1. The number of aryl methyl sites for hydroxylation is 1. The minimum Gasteiger partial charge on any atom is -0.326 e. The first-order chi connectivity index (χ1) is 8.72. The fourth-order valence-corrected chi connectivity index (χ4v) is 2.13. The van der Waals surface area contributed by atoms with Crippen molar-refractivity contribution in [1.29, 1.82) is 0 Å². The Morgan fingerprint density at radius 1 is 1.44 bits per heavy atom. The summed E-state index contributed by atoms with van der Waals surface area (Å²) in [6.45, 7) is 2.41. The van der Waals surface area contributed by atoms with Crippen LogP contribution in [0.4, 0.5) is 5.13 Å². The third kappa shape index (κ3) is 2.91. The summed E-state index contributed by atoms with van der Waals surface area (Å²) >= 11 is 1.39. The normalized spacial score (nSPS) is 10.3. The summed E-state index contributed by atoms with van der Waals surface area (Å²) in [7, 11) is 0. The van der Waals surface area contributed by atoms with E-state index in [0.29, 0.717) is 17.2 Å². The highest BCUT2D eigenvalue weighted by Crippen LogP contribution is 2.16. The van der Waals surface area contributed by atoms with E-state index >= 15 is 0 Å². The van der Waals surface area contributed by atoms with Crippen molar-refractivity contribution in [2.45, 2.75) is 19.9 Å². The van der Waals surface area contributed by atoms with E-state index in [1.54, 1.807) is 12.1 Å². The van der Waals surface area contributed by atoms with Crippen LogP contribution >= 0.6 is 11.3 Å². The lowest BCUT2D eigenvalue weighted by Crippen LogP contribution is -2.12. The van der Waals surface area contributed by atoms with Gasteiger partial charge >= 0.3 is 0 Å². The first-order valence-corrected chi connectivity index (χ1v) is 6.47. The molecule has 0 fully saturated rings. The Morgan fingerprint density at radius 2 is 2.28 bits per heavy atom. The second kappa shape index (κ2) is 5.70. The minimum absolute atomic E-state index is 0.191. The molecule has 1 heterocycles. The van der Waals surface area contributed by atoms with Crippen molar-refractivity contribution in [1.82, 2.24) is 10.2 Å². The summed E-state index contributed by atoms with van der Waals surface area (Å²) in [5.41, 5.74) is 7.04. The van der Waals surface area contributed by atoms with Gasteiger partial charge in [0, 0.05) is 12.1 Å². The van der Waals surface area contributed by atoms with Gasteiger partial charge in [0.15, 0.2) is 0 Å². The van der Waals surface area contributed by atoms with Crippen LogP contribution in [0.5, 0.6) is 0 Å². The van der Waals surface area contributed by atoms with Gasteiger partial charge < -0.3 is 5.73 Å². The summed E-state index contributed by atoms with van der Waals surface area (Å²) in [5.74, 6) is -0.191. The Bertz CT molecular complexity index is 553. The molecule has 94 valence electrons. The fraction of sp³-hybridized carbons (Fsp3) is 0.250. The van der Waals surface area contributed by atoms with Gasteiger partial charge in [-0.25, -0.2) is 0 Å². The van der Waals surface area contributed by atoms with Gasteiger partial charge in [0.05, 0.1) is 0 Å². The summed E-state index contributed by atoms with van der Waals surface area (Å²) in [5, 5.41) is 12.0. The maximum atomic E-state index is 12.0. The molecule has 1 aromatic heterocycles. The molecule has 3 N–H and O–H groups in total. The number of amides is 1. The molecule has 18 heavy (non-hydrogen) atoms. The first-order valence-electron chi connectivity index (χ1n) is 5.65. The Morgan fingerprint density at radius 3 is 2.94 bits per heavy atom.